The molecule has 2 aliphatic rings. The van der Waals surface area contributed by atoms with E-state index in [0.717, 1.165) is 25.7 Å². The zero-order chi connectivity index (χ0) is 18.1. The lowest BCUT2D eigenvalue weighted by Gasteiger charge is -2.46. The predicted octanol–water partition coefficient (Wildman–Crippen LogP) is 4.05. The molecule has 1 heterocycles. The second kappa shape index (κ2) is 7.55. The fourth-order valence-corrected chi connectivity index (χ4v) is 4.94. The Labute approximate surface area is 158 Å². The number of benzene rings is 1. The lowest BCUT2D eigenvalue weighted by molar-refractivity contribution is -0.133. The number of piperidine rings is 1. The van der Waals surface area contributed by atoms with Crippen LogP contribution in [-0.4, -0.2) is 23.9 Å². The Hall–Kier alpha value is -1.26. The number of carbonyl (C=O) groups is 2. The average molecular weight is 383 g/mol. The minimum atomic E-state index is -0.188. The Balaban J connectivity index is 1.65. The Kier molecular flexibility index (Phi) is 5.59. The van der Waals surface area contributed by atoms with E-state index in [4.69, 9.17) is 23.2 Å². The minimum absolute atomic E-state index is 0.0474. The number of halogens is 2. The smallest absolute Gasteiger partial charge is 0.253 e. The Morgan fingerprint density at radius 3 is 2.76 bits per heavy atom. The van der Waals surface area contributed by atoms with Crippen LogP contribution in [0.5, 0.6) is 0 Å². The maximum Gasteiger partial charge on any atom is 0.253 e. The molecular weight excluding hydrogens is 359 g/mol. The summed E-state index contributed by atoms with van der Waals surface area (Å²) in [5.74, 6) is 0.969. The van der Waals surface area contributed by atoms with E-state index in [0.29, 0.717) is 27.4 Å². The highest BCUT2D eigenvalue weighted by molar-refractivity contribution is 6.36. The molecule has 1 saturated carbocycles. The van der Waals surface area contributed by atoms with E-state index in [9.17, 15) is 9.59 Å². The molecule has 1 aliphatic carbocycles. The van der Waals surface area contributed by atoms with Gasteiger partial charge in [-0.3, -0.25) is 9.59 Å². The number of amides is 2. The molecule has 5 atom stereocenters. The fraction of sp³-hybridized carbons (Fsp3) is 0.579. The van der Waals surface area contributed by atoms with Crippen molar-refractivity contribution in [3.63, 3.8) is 0 Å². The molecule has 2 amide bonds. The Morgan fingerprint density at radius 1 is 1.32 bits per heavy atom. The highest BCUT2D eigenvalue weighted by atomic mass is 35.5. The molecule has 136 valence electrons. The molecular formula is C19H24Cl2N2O2. The van der Waals surface area contributed by atoms with Crippen molar-refractivity contribution >= 4 is 35.0 Å². The van der Waals surface area contributed by atoms with Crippen LogP contribution < -0.4 is 10.6 Å². The number of hydrogen-bond acceptors (Lipinski definition) is 2. The molecule has 25 heavy (non-hydrogen) atoms. The van der Waals surface area contributed by atoms with E-state index in [2.05, 4.69) is 24.5 Å². The summed E-state index contributed by atoms with van der Waals surface area (Å²) in [6.07, 6.45) is 3.59. The summed E-state index contributed by atoms with van der Waals surface area (Å²) >= 11 is 12.0. The van der Waals surface area contributed by atoms with E-state index in [-0.39, 0.29) is 29.8 Å². The normalized spacial score (nSPS) is 31.8. The van der Waals surface area contributed by atoms with Crippen LogP contribution in [0.25, 0.3) is 0 Å². The molecule has 3 rings (SSSR count). The second-order valence-corrected chi connectivity index (χ2v) is 8.10. The third-order valence-corrected chi connectivity index (χ3v) is 6.38. The molecule has 0 aromatic heterocycles. The van der Waals surface area contributed by atoms with E-state index >= 15 is 0 Å². The van der Waals surface area contributed by atoms with E-state index in [1.807, 2.05) is 0 Å². The first kappa shape index (κ1) is 18.5. The van der Waals surface area contributed by atoms with Gasteiger partial charge in [0, 0.05) is 23.0 Å². The van der Waals surface area contributed by atoms with Crippen LogP contribution in [0.4, 0.5) is 0 Å². The van der Waals surface area contributed by atoms with Gasteiger partial charge in [0.25, 0.3) is 5.91 Å². The summed E-state index contributed by atoms with van der Waals surface area (Å²) < 4.78 is 0. The van der Waals surface area contributed by atoms with Gasteiger partial charge in [-0.2, -0.15) is 0 Å². The van der Waals surface area contributed by atoms with Crippen LogP contribution in [0.3, 0.4) is 0 Å². The van der Waals surface area contributed by atoms with Crippen LogP contribution in [0.1, 0.15) is 49.9 Å². The van der Waals surface area contributed by atoms with Crippen molar-refractivity contribution in [3.05, 3.63) is 33.8 Å². The monoisotopic (exact) mass is 382 g/mol. The molecule has 2 N–H and O–H groups in total. The zero-order valence-corrected chi connectivity index (χ0v) is 16.0. The molecule has 5 unspecified atom stereocenters. The van der Waals surface area contributed by atoms with Gasteiger partial charge in [-0.1, -0.05) is 37.0 Å². The number of nitrogens with one attached hydrogen (secondary N) is 2. The minimum Gasteiger partial charge on any atom is -0.353 e. The molecule has 1 saturated heterocycles. The van der Waals surface area contributed by atoms with E-state index in [1.165, 1.54) is 0 Å². The van der Waals surface area contributed by atoms with Crippen LogP contribution in [0.15, 0.2) is 18.2 Å². The third kappa shape index (κ3) is 3.80. The standard InChI is InChI=1S/C19H24Cl2N2O2/c1-3-13-10(2)14-7-5-12(9-17(14)23-18(13)24)22-19(25)15-6-4-11(20)8-16(15)21/h4,6,8,10,12-14,17H,3,5,7,9H2,1-2H3,(H,22,25)(H,23,24). The van der Waals surface area contributed by atoms with Crippen molar-refractivity contribution in [1.82, 2.24) is 10.6 Å². The summed E-state index contributed by atoms with van der Waals surface area (Å²) in [6, 6.07) is 5.06. The van der Waals surface area contributed by atoms with Gasteiger partial charge in [0.2, 0.25) is 5.91 Å². The summed E-state index contributed by atoms with van der Waals surface area (Å²) in [5, 5.41) is 7.10. The SMILES string of the molecule is CCC1C(=O)NC2CC(NC(=O)c3ccc(Cl)cc3Cl)CCC2C1C. The number of fused-ring (bicyclic) bond motifs is 1. The molecule has 4 nitrogen and oxygen atoms in total. The summed E-state index contributed by atoms with van der Waals surface area (Å²) in [6.45, 7) is 4.26. The third-order valence-electron chi connectivity index (χ3n) is 5.83. The zero-order valence-electron chi connectivity index (χ0n) is 14.5. The Bertz CT molecular complexity index is 679. The first-order valence-corrected chi connectivity index (χ1v) is 9.72. The summed E-state index contributed by atoms with van der Waals surface area (Å²) in [7, 11) is 0. The highest BCUT2D eigenvalue weighted by Gasteiger charge is 2.43. The summed E-state index contributed by atoms with van der Waals surface area (Å²) in [5.41, 5.74) is 0.431. The average Bonchev–Trinajstić information content (AvgIpc) is 2.54. The highest BCUT2D eigenvalue weighted by Crippen LogP contribution is 2.39. The van der Waals surface area contributed by atoms with E-state index < -0.39 is 0 Å². The largest absolute Gasteiger partial charge is 0.353 e. The van der Waals surface area contributed by atoms with Gasteiger partial charge < -0.3 is 10.6 Å². The van der Waals surface area contributed by atoms with Crippen molar-refractivity contribution in [2.45, 2.75) is 51.6 Å². The first-order valence-electron chi connectivity index (χ1n) is 8.97. The fourth-order valence-electron chi connectivity index (χ4n) is 4.44. The molecule has 0 bridgehead atoms. The van der Waals surface area contributed by atoms with E-state index in [1.54, 1.807) is 18.2 Å². The number of hydrogen-bond donors (Lipinski definition) is 2. The predicted molar refractivity (Wildman–Crippen MR) is 99.9 cm³/mol. The van der Waals surface area contributed by atoms with Crippen molar-refractivity contribution in [2.75, 3.05) is 0 Å². The van der Waals surface area contributed by atoms with Gasteiger partial charge >= 0.3 is 0 Å². The van der Waals surface area contributed by atoms with Gasteiger partial charge in [0.1, 0.15) is 0 Å². The summed E-state index contributed by atoms with van der Waals surface area (Å²) in [4.78, 5) is 24.8. The lowest BCUT2D eigenvalue weighted by atomic mass is 9.67. The van der Waals surface area contributed by atoms with Crippen LogP contribution in [-0.2, 0) is 4.79 Å². The van der Waals surface area contributed by atoms with Crippen LogP contribution in [0, 0.1) is 17.8 Å². The Morgan fingerprint density at radius 2 is 2.08 bits per heavy atom. The van der Waals surface area contributed by atoms with Crippen molar-refractivity contribution < 1.29 is 9.59 Å². The molecule has 2 fully saturated rings. The topological polar surface area (TPSA) is 58.2 Å². The van der Waals surface area contributed by atoms with Gasteiger partial charge in [-0.15, -0.1) is 0 Å². The quantitative estimate of drug-likeness (QED) is 0.827. The first-order chi connectivity index (χ1) is 11.9. The van der Waals surface area contributed by atoms with Crippen molar-refractivity contribution in [3.8, 4) is 0 Å². The molecule has 1 aliphatic heterocycles. The van der Waals surface area contributed by atoms with Gasteiger partial charge in [-0.25, -0.2) is 0 Å². The number of rotatable bonds is 3. The van der Waals surface area contributed by atoms with Gasteiger partial charge in [-0.05, 0) is 55.7 Å². The maximum absolute atomic E-state index is 12.5. The maximum atomic E-state index is 12.5. The second-order valence-electron chi connectivity index (χ2n) is 7.26. The van der Waals surface area contributed by atoms with Crippen LogP contribution in [0.2, 0.25) is 10.0 Å². The van der Waals surface area contributed by atoms with Crippen molar-refractivity contribution in [1.29, 1.82) is 0 Å². The lowest BCUT2D eigenvalue weighted by Crippen LogP contribution is -2.58. The molecule has 1 aromatic carbocycles. The van der Waals surface area contributed by atoms with Gasteiger partial charge in [0.15, 0.2) is 0 Å². The molecule has 0 spiro atoms. The molecule has 1 aromatic rings. The van der Waals surface area contributed by atoms with Crippen LogP contribution >= 0.6 is 23.2 Å². The molecule has 0 radical (unpaired) electrons. The van der Waals surface area contributed by atoms with Crippen molar-refractivity contribution in [2.24, 2.45) is 17.8 Å². The molecule has 6 heteroatoms. The van der Waals surface area contributed by atoms with Gasteiger partial charge in [0.05, 0.1) is 10.6 Å². The number of carbonyl (C=O) groups excluding carboxylic acids is 2.